The molecule has 1 aliphatic rings. The molecular weight excluding hydrogens is 220 g/mol. The van der Waals surface area contributed by atoms with Gasteiger partial charge in [0, 0.05) is 6.42 Å². The Hall–Kier alpha value is -2.10. The smallest absolute Gasteiger partial charge is 0.199 e. The van der Waals surface area contributed by atoms with Crippen LogP contribution in [-0.4, -0.2) is 25.3 Å². The van der Waals surface area contributed by atoms with E-state index < -0.39 is 6.10 Å². The van der Waals surface area contributed by atoms with Crippen molar-refractivity contribution in [1.29, 1.82) is 0 Å². The number of benzene rings is 1. The largest absolute Gasteiger partial charge is 0.504 e. The minimum absolute atomic E-state index is 0.134. The molecule has 0 aromatic heterocycles. The maximum Gasteiger partial charge on any atom is 0.199 e. The first-order valence-electron chi connectivity index (χ1n) is 5.24. The van der Waals surface area contributed by atoms with Crippen LogP contribution in [0.4, 0.5) is 0 Å². The Labute approximate surface area is 98.8 Å². The van der Waals surface area contributed by atoms with Crippen LogP contribution in [-0.2, 0) is 9.53 Å². The van der Waals surface area contributed by atoms with Gasteiger partial charge in [-0.2, -0.15) is 0 Å². The van der Waals surface area contributed by atoms with E-state index in [9.17, 15) is 9.59 Å². The van der Waals surface area contributed by atoms with Gasteiger partial charge in [-0.25, -0.2) is 0 Å². The first-order valence-corrected chi connectivity index (χ1v) is 5.24. The number of para-hydroxylation sites is 1. The van der Waals surface area contributed by atoms with E-state index in [0.29, 0.717) is 16.9 Å². The highest BCUT2D eigenvalue weighted by Gasteiger charge is 2.31. The first-order chi connectivity index (χ1) is 8.27. The molecule has 0 aliphatic carbocycles. The summed E-state index contributed by atoms with van der Waals surface area (Å²) in [4.78, 5) is 22.7. The Bertz CT molecular complexity index is 476. The van der Waals surface area contributed by atoms with Gasteiger partial charge in [0.2, 0.25) is 0 Å². The zero-order valence-electron chi connectivity index (χ0n) is 9.38. The summed E-state index contributed by atoms with van der Waals surface area (Å²) in [6, 6.07) is 6.96. The Morgan fingerprint density at radius 2 is 2.18 bits per heavy atom. The van der Waals surface area contributed by atoms with Gasteiger partial charge in [-0.05, 0) is 12.1 Å². The number of hydrogen-bond donors (Lipinski definition) is 0. The van der Waals surface area contributed by atoms with E-state index >= 15 is 0 Å². The second-order valence-electron chi connectivity index (χ2n) is 3.64. The average molecular weight is 232 g/mol. The number of ketones is 1. The molecule has 1 unspecified atom stereocenters. The zero-order valence-corrected chi connectivity index (χ0v) is 9.38. The summed E-state index contributed by atoms with van der Waals surface area (Å²) in [7, 11) is 1.46. The number of methoxy groups -OCH3 is 1. The fourth-order valence-corrected chi connectivity index (χ4v) is 1.79. The van der Waals surface area contributed by atoms with Crippen molar-refractivity contribution in [2.24, 2.45) is 0 Å². The molecule has 17 heavy (non-hydrogen) atoms. The van der Waals surface area contributed by atoms with Crippen LogP contribution in [0, 0.1) is 0 Å². The first kappa shape index (κ1) is 11.4. The third kappa shape index (κ3) is 2.06. The lowest BCUT2D eigenvalue weighted by molar-refractivity contribution is -0.108. The number of carbonyl (C=O) groups is 2. The molecule has 1 heterocycles. The zero-order chi connectivity index (χ0) is 12.3. The summed E-state index contributed by atoms with van der Waals surface area (Å²) in [6.45, 7) is 0. The van der Waals surface area contributed by atoms with Crippen molar-refractivity contribution >= 4 is 12.1 Å². The molecule has 0 amide bonds. The molecule has 0 bridgehead atoms. The van der Waals surface area contributed by atoms with Crippen molar-refractivity contribution < 1.29 is 19.1 Å². The molecule has 1 aromatic carbocycles. The molecule has 0 saturated heterocycles. The van der Waals surface area contributed by atoms with Crippen molar-refractivity contribution in [3.63, 3.8) is 0 Å². The summed E-state index contributed by atoms with van der Waals surface area (Å²) < 4.78 is 10.5. The highest BCUT2D eigenvalue weighted by atomic mass is 16.5. The molecule has 0 saturated carbocycles. The van der Waals surface area contributed by atoms with Gasteiger partial charge in [0.25, 0.3) is 0 Å². The topological polar surface area (TPSA) is 52.6 Å². The van der Waals surface area contributed by atoms with Gasteiger partial charge in [-0.1, -0.05) is 12.1 Å². The molecule has 0 N–H and O–H groups in total. The van der Waals surface area contributed by atoms with Gasteiger partial charge >= 0.3 is 0 Å². The quantitative estimate of drug-likeness (QED) is 0.452. The highest BCUT2D eigenvalue weighted by Crippen LogP contribution is 2.31. The van der Waals surface area contributed by atoms with Crippen LogP contribution in [0.2, 0.25) is 0 Å². The maximum atomic E-state index is 12.1. The minimum Gasteiger partial charge on any atom is -0.504 e. The van der Waals surface area contributed by atoms with Gasteiger partial charge < -0.3 is 14.3 Å². The van der Waals surface area contributed by atoms with Gasteiger partial charge in [0.15, 0.2) is 5.78 Å². The van der Waals surface area contributed by atoms with Crippen molar-refractivity contribution in [2.75, 3.05) is 7.11 Å². The molecule has 2 rings (SSSR count). The van der Waals surface area contributed by atoms with E-state index in [2.05, 4.69) is 0 Å². The van der Waals surface area contributed by atoms with Crippen LogP contribution in [0.5, 0.6) is 5.75 Å². The summed E-state index contributed by atoms with van der Waals surface area (Å²) in [5.74, 6) is 0.359. The lowest BCUT2D eigenvalue weighted by Crippen LogP contribution is -2.30. The number of ether oxygens (including phenoxy) is 2. The third-order valence-corrected chi connectivity index (χ3v) is 2.57. The maximum absolute atomic E-state index is 12.1. The SMILES string of the molecule is CO/C=C1\C(=O)c2ccccc2OC1CC=O. The lowest BCUT2D eigenvalue weighted by Gasteiger charge is -2.25. The number of carbonyl (C=O) groups excluding carboxylic acids is 2. The molecule has 4 heteroatoms. The number of hydrogen-bond acceptors (Lipinski definition) is 4. The fraction of sp³-hybridized carbons (Fsp3) is 0.231. The number of aldehydes is 1. The molecule has 88 valence electrons. The minimum atomic E-state index is -0.560. The van der Waals surface area contributed by atoms with E-state index in [1.165, 1.54) is 13.4 Å². The summed E-state index contributed by atoms with van der Waals surface area (Å²) in [5.41, 5.74) is 0.872. The Kier molecular flexibility index (Phi) is 3.23. The second-order valence-corrected chi connectivity index (χ2v) is 3.64. The number of Topliss-reactive ketones (excluding diaryl/α,β-unsaturated/α-hetero) is 1. The van der Waals surface area contributed by atoms with E-state index in [0.717, 1.165) is 6.29 Å². The van der Waals surface area contributed by atoms with E-state index in [4.69, 9.17) is 9.47 Å². The predicted octanol–water partition coefficient (Wildman–Crippen LogP) is 1.75. The molecule has 0 spiro atoms. The van der Waals surface area contributed by atoms with E-state index in [1.54, 1.807) is 24.3 Å². The van der Waals surface area contributed by atoms with Crippen LogP contribution in [0.15, 0.2) is 36.1 Å². The van der Waals surface area contributed by atoms with Gasteiger partial charge in [-0.15, -0.1) is 0 Å². The number of fused-ring (bicyclic) bond motifs is 1. The van der Waals surface area contributed by atoms with Crippen molar-refractivity contribution in [1.82, 2.24) is 0 Å². The second kappa shape index (κ2) is 4.82. The van der Waals surface area contributed by atoms with Crippen molar-refractivity contribution in [3.05, 3.63) is 41.7 Å². The molecule has 4 nitrogen and oxygen atoms in total. The van der Waals surface area contributed by atoms with Crippen molar-refractivity contribution in [2.45, 2.75) is 12.5 Å². The Morgan fingerprint density at radius 1 is 1.41 bits per heavy atom. The van der Waals surface area contributed by atoms with Gasteiger partial charge in [0.05, 0.1) is 24.5 Å². The third-order valence-electron chi connectivity index (χ3n) is 2.57. The van der Waals surface area contributed by atoms with Crippen LogP contribution in [0.3, 0.4) is 0 Å². The van der Waals surface area contributed by atoms with Crippen LogP contribution < -0.4 is 4.74 Å². The van der Waals surface area contributed by atoms with Crippen LogP contribution in [0.25, 0.3) is 0 Å². The molecular formula is C13H12O4. The highest BCUT2D eigenvalue weighted by molar-refractivity contribution is 6.12. The molecule has 1 aromatic rings. The standard InChI is InChI=1S/C13H12O4/c1-16-8-10-12(6-7-14)17-11-5-3-2-4-9(11)13(10)15/h2-5,7-8,12H,6H2,1H3/b10-8-. The predicted molar refractivity (Wildman–Crippen MR) is 61.0 cm³/mol. The number of rotatable bonds is 3. The van der Waals surface area contributed by atoms with Crippen LogP contribution >= 0.6 is 0 Å². The summed E-state index contributed by atoms with van der Waals surface area (Å²) in [6.07, 6.45) is 1.65. The van der Waals surface area contributed by atoms with E-state index in [1.807, 2.05) is 0 Å². The molecule has 1 atom stereocenters. The summed E-state index contributed by atoms with van der Waals surface area (Å²) >= 11 is 0. The Morgan fingerprint density at radius 3 is 2.88 bits per heavy atom. The lowest BCUT2D eigenvalue weighted by atomic mass is 9.94. The van der Waals surface area contributed by atoms with Gasteiger partial charge in [-0.3, -0.25) is 4.79 Å². The normalized spacial score (nSPS) is 20.6. The van der Waals surface area contributed by atoms with E-state index in [-0.39, 0.29) is 12.2 Å². The van der Waals surface area contributed by atoms with Crippen molar-refractivity contribution in [3.8, 4) is 5.75 Å². The Balaban J connectivity index is 2.44. The molecule has 0 fully saturated rings. The fourth-order valence-electron chi connectivity index (χ4n) is 1.79. The molecule has 0 radical (unpaired) electrons. The van der Waals surface area contributed by atoms with Gasteiger partial charge in [0.1, 0.15) is 18.1 Å². The summed E-state index contributed by atoms with van der Waals surface area (Å²) in [5, 5.41) is 0. The van der Waals surface area contributed by atoms with Crippen LogP contribution in [0.1, 0.15) is 16.8 Å². The monoisotopic (exact) mass is 232 g/mol. The molecule has 1 aliphatic heterocycles. The average Bonchev–Trinajstić information content (AvgIpc) is 2.34.